The number of nitrogens with zero attached hydrogens (tertiary/aromatic N) is 1. The normalized spacial score (nSPS) is 13.6. The molecular weight excluding hydrogens is 234 g/mol. The number of benzene rings is 2. The van der Waals surface area contributed by atoms with E-state index in [4.69, 9.17) is 0 Å². The molecule has 1 amide bonds. The second kappa shape index (κ2) is 4.73. The van der Waals surface area contributed by atoms with E-state index in [1.54, 1.807) is 6.92 Å². The highest BCUT2D eigenvalue weighted by Gasteiger charge is 2.37. The topological polar surface area (TPSA) is 20.1 Å². The largest absolute Gasteiger partial charge is 0.280 e. The first-order chi connectivity index (χ1) is 9.27. The molecule has 19 heavy (non-hydrogen) atoms. The van der Waals surface area contributed by atoms with Crippen molar-refractivity contribution in [1.82, 2.24) is 4.90 Å². The number of amides is 1. The van der Waals surface area contributed by atoms with Crippen LogP contribution in [0.25, 0.3) is 5.70 Å². The lowest BCUT2D eigenvalue weighted by Crippen LogP contribution is -2.09. The summed E-state index contributed by atoms with van der Waals surface area (Å²) in [5.74, 6) is 0.0878. The molecule has 0 atom stereocenters. The average molecular weight is 249 g/mol. The van der Waals surface area contributed by atoms with E-state index in [1.807, 2.05) is 53.4 Å². The minimum atomic E-state index is 0.0878. The Kier molecular flexibility index (Phi) is 2.92. The molecule has 0 spiro atoms. The molecule has 2 nitrogen and oxygen atoms in total. The Morgan fingerprint density at radius 2 is 1.53 bits per heavy atom. The van der Waals surface area contributed by atoms with E-state index in [1.165, 1.54) is 5.56 Å². The molecule has 0 aromatic heterocycles. The number of carbonyl (C=O) groups is 1. The molecule has 1 aliphatic heterocycles. The highest BCUT2D eigenvalue weighted by Crippen LogP contribution is 2.42. The van der Waals surface area contributed by atoms with Gasteiger partial charge in [0, 0.05) is 18.9 Å². The van der Waals surface area contributed by atoms with Crippen molar-refractivity contribution < 1.29 is 4.79 Å². The molecule has 2 heteroatoms. The third-order valence-corrected chi connectivity index (χ3v) is 3.29. The van der Waals surface area contributed by atoms with Gasteiger partial charge in [0.25, 0.3) is 0 Å². The van der Waals surface area contributed by atoms with Crippen molar-refractivity contribution in [3.05, 3.63) is 77.5 Å². The van der Waals surface area contributed by atoms with Crippen LogP contribution < -0.4 is 0 Å². The Bertz CT molecular complexity index is 629. The molecule has 0 saturated carbocycles. The summed E-state index contributed by atoms with van der Waals surface area (Å²) in [4.78, 5) is 13.5. The molecule has 0 radical (unpaired) electrons. The molecule has 1 heterocycles. The fourth-order valence-corrected chi connectivity index (χ4v) is 2.39. The van der Waals surface area contributed by atoms with Crippen LogP contribution in [-0.4, -0.2) is 10.8 Å². The van der Waals surface area contributed by atoms with Gasteiger partial charge in [-0.2, -0.15) is 0 Å². The molecule has 94 valence electrons. The van der Waals surface area contributed by atoms with Gasteiger partial charge in [0.15, 0.2) is 0 Å². The van der Waals surface area contributed by atoms with Gasteiger partial charge in [-0.15, -0.1) is 0 Å². The third kappa shape index (κ3) is 2.29. The molecule has 0 aliphatic carbocycles. The second-order valence-electron chi connectivity index (χ2n) is 4.68. The number of rotatable bonds is 3. The van der Waals surface area contributed by atoms with Crippen LogP contribution in [0.2, 0.25) is 0 Å². The predicted molar refractivity (Wildman–Crippen MR) is 76.0 cm³/mol. The lowest BCUT2D eigenvalue weighted by molar-refractivity contribution is -0.122. The Balaban J connectivity index is 1.89. The van der Waals surface area contributed by atoms with E-state index in [0.717, 1.165) is 23.4 Å². The van der Waals surface area contributed by atoms with Gasteiger partial charge in [-0.3, -0.25) is 9.69 Å². The zero-order valence-corrected chi connectivity index (χ0v) is 10.8. The second-order valence-corrected chi connectivity index (χ2v) is 4.68. The highest BCUT2D eigenvalue weighted by molar-refractivity contribution is 5.98. The molecule has 1 aliphatic rings. The number of hydrogen-bond acceptors (Lipinski definition) is 1. The van der Waals surface area contributed by atoms with Crippen molar-refractivity contribution in [1.29, 1.82) is 0 Å². The van der Waals surface area contributed by atoms with E-state index in [-0.39, 0.29) is 5.91 Å². The highest BCUT2D eigenvalue weighted by atomic mass is 16.2. The lowest BCUT2D eigenvalue weighted by Gasteiger charge is -2.02. The molecule has 2 aromatic carbocycles. The zero-order chi connectivity index (χ0) is 13.2. The fourth-order valence-electron chi connectivity index (χ4n) is 2.39. The summed E-state index contributed by atoms with van der Waals surface area (Å²) in [5.41, 5.74) is 4.53. The first-order valence-corrected chi connectivity index (χ1v) is 6.40. The molecule has 2 aromatic rings. The van der Waals surface area contributed by atoms with Crippen molar-refractivity contribution in [3.63, 3.8) is 0 Å². The summed E-state index contributed by atoms with van der Waals surface area (Å²) in [6.45, 7) is 1.61. The molecule has 0 N–H and O–H groups in total. The molecule has 0 fully saturated rings. The summed E-state index contributed by atoms with van der Waals surface area (Å²) < 4.78 is 0. The monoisotopic (exact) mass is 249 g/mol. The van der Waals surface area contributed by atoms with Crippen molar-refractivity contribution >= 4 is 11.6 Å². The molecule has 0 saturated heterocycles. The van der Waals surface area contributed by atoms with E-state index in [0.29, 0.717) is 0 Å². The van der Waals surface area contributed by atoms with Gasteiger partial charge in [-0.25, -0.2) is 0 Å². The standard InChI is InChI=1S/C17H15NO/c1-13(19)18-16(12-14-8-4-2-5-9-14)17(18)15-10-6-3-7-11-15/h2-11H,12H2,1H3. The van der Waals surface area contributed by atoms with Gasteiger partial charge in [-0.1, -0.05) is 60.7 Å². The summed E-state index contributed by atoms with van der Waals surface area (Å²) in [6.07, 6.45) is 0.810. The summed E-state index contributed by atoms with van der Waals surface area (Å²) in [5, 5.41) is 0. The fraction of sp³-hybridized carbons (Fsp3) is 0.118. The maximum Gasteiger partial charge on any atom is 0.228 e. The Morgan fingerprint density at radius 3 is 2.11 bits per heavy atom. The van der Waals surface area contributed by atoms with E-state index in [2.05, 4.69) is 12.1 Å². The van der Waals surface area contributed by atoms with Crippen LogP contribution in [-0.2, 0) is 11.2 Å². The van der Waals surface area contributed by atoms with E-state index < -0.39 is 0 Å². The minimum Gasteiger partial charge on any atom is -0.280 e. The molecule has 3 rings (SSSR count). The third-order valence-electron chi connectivity index (χ3n) is 3.29. The minimum absolute atomic E-state index is 0.0878. The summed E-state index contributed by atoms with van der Waals surface area (Å²) in [6, 6.07) is 20.3. The van der Waals surface area contributed by atoms with Crippen molar-refractivity contribution in [3.8, 4) is 0 Å². The smallest absolute Gasteiger partial charge is 0.228 e. The van der Waals surface area contributed by atoms with Crippen LogP contribution in [0.5, 0.6) is 0 Å². The molecule has 0 unspecified atom stereocenters. The van der Waals surface area contributed by atoms with E-state index in [9.17, 15) is 4.79 Å². The maximum atomic E-state index is 11.7. The van der Waals surface area contributed by atoms with Crippen LogP contribution >= 0.6 is 0 Å². The van der Waals surface area contributed by atoms with Crippen molar-refractivity contribution in [2.45, 2.75) is 13.3 Å². The number of hydrogen-bond donors (Lipinski definition) is 0. The van der Waals surface area contributed by atoms with Gasteiger partial charge < -0.3 is 0 Å². The SMILES string of the molecule is CC(=O)N1C(Cc2ccccc2)=C1c1ccccc1. The van der Waals surface area contributed by atoms with Gasteiger partial charge in [0.2, 0.25) is 5.91 Å². The average Bonchev–Trinajstić information content (AvgIpc) is 3.15. The summed E-state index contributed by atoms with van der Waals surface area (Å²) >= 11 is 0. The Morgan fingerprint density at radius 1 is 0.947 bits per heavy atom. The van der Waals surface area contributed by atoms with Gasteiger partial charge in [-0.05, 0) is 5.56 Å². The van der Waals surface area contributed by atoms with Crippen LogP contribution in [0.1, 0.15) is 18.1 Å². The first kappa shape index (κ1) is 11.7. The van der Waals surface area contributed by atoms with Gasteiger partial charge in [0.05, 0.1) is 11.4 Å². The quantitative estimate of drug-likeness (QED) is 0.815. The Labute approximate surface area is 113 Å². The van der Waals surface area contributed by atoms with Gasteiger partial charge >= 0.3 is 0 Å². The van der Waals surface area contributed by atoms with Crippen molar-refractivity contribution in [2.24, 2.45) is 0 Å². The molecule has 0 bridgehead atoms. The first-order valence-electron chi connectivity index (χ1n) is 6.40. The van der Waals surface area contributed by atoms with Crippen LogP contribution in [0.3, 0.4) is 0 Å². The Hall–Kier alpha value is -2.35. The van der Waals surface area contributed by atoms with Crippen molar-refractivity contribution in [2.75, 3.05) is 0 Å². The van der Waals surface area contributed by atoms with Crippen LogP contribution in [0, 0.1) is 0 Å². The van der Waals surface area contributed by atoms with Gasteiger partial charge in [0.1, 0.15) is 0 Å². The lowest BCUT2D eigenvalue weighted by atomic mass is 10.1. The maximum absolute atomic E-state index is 11.7. The van der Waals surface area contributed by atoms with Crippen LogP contribution in [0.15, 0.2) is 66.4 Å². The number of carbonyl (C=O) groups excluding carboxylic acids is 1. The molecular formula is C17H15NO. The van der Waals surface area contributed by atoms with E-state index >= 15 is 0 Å². The summed E-state index contributed by atoms with van der Waals surface area (Å²) in [7, 11) is 0. The number of allylic oxidation sites excluding steroid dienone is 1. The van der Waals surface area contributed by atoms with Crippen LogP contribution in [0.4, 0.5) is 0 Å². The zero-order valence-electron chi connectivity index (χ0n) is 10.8. The predicted octanol–water partition coefficient (Wildman–Crippen LogP) is 3.46.